The van der Waals surface area contributed by atoms with Crippen molar-refractivity contribution in [2.45, 2.75) is 38.8 Å². The number of nitrogens with zero attached hydrogens (tertiary/aromatic N) is 1. The summed E-state index contributed by atoms with van der Waals surface area (Å²) in [6, 6.07) is -0.980. The molecule has 0 fully saturated rings. The number of carbonyl (C=O) groups excluding carboxylic acids is 1. The normalized spacial score (nSPS) is 15.2. The van der Waals surface area contributed by atoms with Crippen LogP contribution in [0.3, 0.4) is 0 Å². The summed E-state index contributed by atoms with van der Waals surface area (Å²) in [7, 11) is 0. The Morgan fingerprint density at radius 1 is 1.55 bits per heavy atom. The van der Waals surface area contributed by atoms with Gasteiger partial charge < -0.3 is 25.3 Å². The molecule has 0 bridgehead atoms. The van der Waals surface area contributed by atoms with Gasteiger partial charge in [0.2, 0.25) is 5.89 Å². The molecule has 0 saturated heterocycles. The van der Waals surface area contributed by atoms with Crippen LogP contribution in [-0.2, 0) is 4.79 Å². The maximum Gasteiger partial charge on any atom is 0.315 e. The third-order valence-corrected chi connectivity index (χ3v) is 2.52. The summed E-state index contributed by atoms with van der Waals surface area (Å²) in [6.45, 7) is 4.59. The number of carboxylic acid groups (broad SMARTS) is 1. The molecule has 0 spiro atoms. The van der Waals surface area contributed by atoms with E-state index in [9.17, 15) is 14.7 Å². The highest BCUT2D eigenvalue weighted by atomic mass is 16.4. The molecule has 1 aromatic heterocycles. The van der Waals surface area contributed by atoms with Crippen molar-refractivity contribution >= 4 is 12.0 Å². The molecule has 2 atom stereocenters. The minimum Gasteiger partial charge on any atom is -0.481 e. The lowest BCUT2D eigenvalue weighted by Gasteiger charge is -2.22. The van der Waals surface area contributed by atoms with E-state index in [1.807, 2.05) is 0 Å². The molecule has 2 amide bonds. The number of hydrogen-bond acceptors (Lipinski definition) is 5. The predicted octanol–water partition coefficient (Wildman–Crippen LogP) is 0.569. The van der Waals surface area contributed by atoms with E-state index in [1.54, 1.807) is 20.0 Å². The first-order valence-corrected chi connectivity index (χ1v) is 6.10. The predicted molar refractivity (Wildman–Crippen MR) is 69.1 cm³/mol. The Kier molecular flexibility index (Phi) is 5.09. The fraction of sp³-hybridized carbons (Fsp3) is 0.583. The quantitative estimate of drug-likeness (QED) is 0.605. The second kappa shape index (κ2) is 6.38. The Bertz CT molecular complexity index is 483. The number of oxazole rings is 1. The largest absolute Gasteiger partial charge is 0.481 e. The summed E-state index contributed by atoms with van der Waals surface area (Å²) in [4.78, 5) is 26.1. The third-order valence-electron chi connectivity index (χ3n) is 2.52. The molecule has 1 heterocycles. The Morgan fingerprint density at radius 2 is 2.20 bits per heavy atom. The molecule has 0 aliphatic rings. The summed E-state index contributed by atoms with van der Waals surface area (Å²) in [5.74, 6) is -0.130. The summed E-state index contributed by atoms with van der Waals surface area (Å²) in [5, 5.41) is 23.3. The zero-order chi connectivity index (χ0) is 15.3. The van der Waals surface area contributed by atoms with E-state index in [2.05, 4.69) is 15.6 Å². The van der Waals surface area contributed by atoms with E-state index in [1.165, 1.54) is 6.92 Å². The highest BCUT2D eigenvalue weighted by molar-refractivity contribution is 5.74. The van der Waals surface area contributed by atoms with Gasteiger partial charge in [-0.05, 0) is 20.8 Å². The van der Waals surface area contributed by atoms with Gasteiger partial charge in [0.1, 0.15) is 11.8 Å². The minimum absolute atomic E-state index is 0.178. The van der Waals surface area contributed by atoms with E-state index in [0.29, 0.717) is 11.7 Å². The van der Waals surface area contributed by atoms with Crippen LogP contribution in [0.25, 0.3) is 0 Å². The Hall–Kier alpha value is -2.09. The van der Waals surface area contributed by atoms with Gasteiger partial charge in [-0.15, -0.1) is 0 Å². The maximum absolute atomic E-state index is 11.6. The number of aromatic nitrogens is 1. The van der Waals surface area contributed by atoms with Crippen LogP contribution in [0.15, 0.2) is 10.6 Å². The van der Waals surface area contributed by atoms with Crippen LogP contribution < -0.4 is 10.6 Å². The number of carboxylic acids is 1. The van der Waals surface area contributed by atoms with Crippen LogP contribution in [0, 0.1) is 6.92 Å². The van der Waals surface area contributed by atoms with Crippen LogP contribution >= 0.6 is 0 Å². The van der Waals surface area contributed by atoms with Crippen molar-refractivity contribution in [1.82, 2.24) is 15.6 Å². The monoisotopic (exact) mass is 285 g/mol. The Morgan fingerprint density at radius 3 is 2.70 bits per heavy atom. The highest BCUT2D eigenvalue weighted by Gasteiger charge is 2.25. The molecule has 0 aliphatic carbocycles. The first-order valence-electron chi connectivity index (χ1n) is 6.10. The molecule has 0 saturated carbocycles. The molecule has 8 nitrogen and oxygen atoms in total. The number of rotatable bonds is 6. The van der Waals surface area contributed by atoms with E-state index in [4.69, 9.17) is 9.52 Å². The fourth-order valence-corrected chi connectivity index (χ4v) is 1.54. The average Bonchev–Trinajstić information content (AvgIpc) is 2.72. The van der Waals surface area contributed by atoms with Gasteiger partial charge in [-0.2, -0.15) is 0 Å². The van der Waals surface area contributed by atoms with Gasteiger partial charge in [-0.25, -0.2) is 9.78 Å². The van der Waals surface area contributed by atoms with E-state index < -0.39 is 30.1 Å². The minimum atomic E-state index is -1.51. The first-order chi connectivity index (χ1) is 9.19. The number of urea groups is 1. The molecule has 4 N–H and O–H groups in total. The smallest absolute Gasteiger partial charge is 0.315 e. The lowest BCUT2D eigenvalue weighted by Crippen LogP contribution is -2.46. The van der Waals surface area contributed by atoms with Crippen molar-refractivity contribution in [3.8, 4) is 0 Å². The third kappa shape index (κ3) is 5.27. The molecule has 1 aromatic rings. The zero-order valence-corrected chi connectivity index (χ0v) is 11.6. The number of aryl methyl sites for hydroxylation is 1. The van der Waals surface area contributed by atoms with Gasteiger partial charge in [0, 0.05) is 6.54 Å². The number of aliphatic carboxylic acids is 1. The van der Waals surface area contributed by atoms with Crippen molar-refractivity contribution in [2.24, 2.45) is 0 Å². The Balaban J connectivity index is 2.42. The van der Waals surface area contributed by atoms with Gasteiger partial charge in [-0.3, -0.25) is 4.79 Å². The number of carbonyl (C=O) groups is 2. The molecule has 112 valence electrons. The first kappa shape index (κ1) is 16.0. The van der Waals surface area contributed by atoms with Crippen molar-refractivity contribution in [3.05, 3.63) is 17.8 Å². The van der Waals surface area contributed by atoms with Gasteiger partial charge in [0.05, 0.1) is 18.2 Å². The summed E-state index contributed by atoms with van der Waals surface area (Å²) in [5.41, 5.74) is -1.51. The van der Waals surface area contributed by atoms with Crippen molar-refractivity contribution in [3.63, 3.8) is 0 Å². The number of nitrogens with one attached hydrogen (secondary N) is 2. The molecule has 2 unspecified atom stereocenters. The molecule has 0 aliphatic heterocycles. The topological polar surface area (TPSA) is 125 Å². The lowest BCUT2D eigenvalue weighted by molar-refractivity contribution is -0.141. The van der Waals surface area contributed by atoms with Crippen molar-refractivity contribution < 1.29 is 24.2 Å². The maximum atomic E-state index is 11.6. The number of amides is 2. The van der Waals surface area contributed by atoms with Crippen LogP contribution in [0.2, 0.25) is 0 Å². The number of hydrogen-bond donors (Lipinski definition) is 4. The van der Waals surface area contributed by atoms with Crippen molar-refractivity contribution in [2.75, 3.05) is 6.54 Å². The molecule has 20 heavy (non-hydrogen) atoms. The van der Waals surface area contributed by atoms with Gasteiger partial charge >= 0.3 is 12.0 Å². The SMILES string of the molecule is Cc1cnc(C(C)NC(=O)NCC(C)(O)CC(=O)O)o1. The fourth-order valence-electron chi connectivity index (χ4n) is 1.54. The lowest BCUT2D eigenvalue weighted by atomic mass is 10.0. The molecule has 0 radical (unpaired) electrons. The molecular weight excluding hydrogens is 266 g/mol. The van der Waals surface area contributed by atoms with E-state index in [0.717, 1.165) is 0 Å². The number of aliphatic hydroxyl groups is 1. The second-order valence-electron chi connectivity index (χ2n) is 4.93. The van der Waals surface area contributed by atoms with E-state index >= 15 is 0 Å². The molecule has 0 aromatic carbocycles. The summed E-state index contributed by atoms with van der Waals surface area (Å²) in [6.07, 6.45) is 1.09. The van der Waals surface area contributed by atoms with E-state index in [-0.39, 0.29) is 6.54 Å². The van der Waals surface area contributed by atoms with Crippen LogP contribution in [0.5, 0.6) is 0 Å². The average molecular weight is 285 g/mol. The van der Waals surface area contributed by atoms with Crippen LogP contribution in [-0.4, -0.2) is 39.3 Å². The highest BCUT2D eigenvalue weighted by Crippen LogP contribution is 2.12. The summed E-state index contributed by atoms with van der Waals surface area (Å²) >= 11 is 0. The van der Waals surface area contributed by atoms with Crippen molar-refractivity contribution in [1.29, 1.82) is 0 Å². The standard InChI is InChI=1S/C12H19N3O5/c1-7-5-13-10(20-7)8(2)15-11(18)14-6-12(3,19)4-9(16)17/h5,8,19H,4,6H2,1-3H3,(H,16,17)(H2,14,15,18). The van der Waals surface area contributed by atoms with Crippen LogP contribution in [0.1, 0.15) is 38.0 Å². The molecule has 1 rings (SSSR count). The Labute approximate surface area is 116 Å². The molecule has 8 heteroatoms. The summed E-state index contributed by atoms with van der Waals surface area (Å²) < 4.78 is 5.26. The molecular formula is C12H19N3O5. The second-order valence-corrected chi connectivity index (χ2v) is 4.93. The zero-order valence-electron chi connectivity index (χ0n) is 11.6. The van der Waals surface area contributed by atoms with Gasteiger partial charge in [-0.1, -0.05) is 0 Å². The van der Waals surface area contributed by atoms with Gasteiger partial charge in [0.25, 0.3) is 0 Å². The van der Waals surface area contributed by atoms with Gasteiger partial charge in [0.15, 0.2) is 0 Å². The van der Waals surface area contributed by atoms with Crippen LogP contribution in [0.4, 0.5) is 4.79 Å².